The van der Waals surface area contributed by atoms with E-state index in [1.165, 1.54) is 26.2 Å². The maximum absolute atomic E-state index is 5.18. The first kappa shape index (κ1) is 16.9. The zero-order valence-electron chi connectivity index (χ0n) is 13.5. The van der Waals surface area contributed by atoms with E-state index in [0.717, 1.165) is 19.7 Å². The molecule has 0 saturated carbocycles. The summed E-state index contributed by atoms with van der Waals surface area (Å²) in [6.07, 6.45) is 0. The van der Waals surface area contributed by atoms with Crippen LogP contribution in [0.15, 0.2) is 0 Å². The third kappa shape index (κ3) is 6.21. The fourth-order valence-electron chi connectivity index (χ4n) is 2.76. The Kier molecular flexibility index (Phi) is 7.91. The molecule has 19 heavy (non-hydrogen) atoms. The molecule has 0 aromatic carbocycles. The molecule has 114 valence electrons. The minimum absolute atomic E-state index is 0.588. The predicted molar refractivity (Wildman–Crippen MR) is 81.6 cm³/mol. The van der Waals surface area contributed by atoms with E-state index in [1.807, 2.05) is 0 Å². The van der Waals surface area contributed by atoms with Crippen molar-refractivity contribution in [3.8, 4) is 0 Å². The number of piperazine rings is 1. The largest absolute Gasteiger partial charge is 0.384 e. The first-order valence-corrected chi connectivity index (χ1v) is 7.66. The van der Waals surface area contributed by atoms with E-state index in [9.17, 15) is 0 Å². The van der Waals surface area contributed by atoms with Gasteiger partial charge in [0.25, 0.3) is 0 Å². The van der Waals surface area contributed by atoms with E-state index in [1.54, 1.807) is 7.11 Å². The third-order valence-electron chi connectivity index (χ3n) is 4.07. The molecule has 1 rings (SSSR count). The summed E-state index contributed by atoms with van der Waals surface area (Å²) in [5, 5.41) is 3.62. The number of nitrogens with one attached hydrogen (secondary N) is 1. The topological polar surface area (TPSA) is 27.7 Å². The molecule has 4 heteroatoms. The smallest absolute Gasteiger partial charge is 0.0499 e. The molecule has 1 fully saturated rings. The summed E-state index contributed by atoms with van der Waals surface area (Å²) < 4.78 is 5.18. The van der Waals surface area contributed by atoms with Crippen molar-refractivity contribution in [2.24, 2.45) is 11.8 Å². The number of methoxy groups -OCH3 is 1. The van der Waals surface area contributed by atoms with Crippen LogP contribution in [-0.2, 0) is 4.74 Å². The Balaban J connectivity index is 2.32. The lowest BCUT2D eigenvalue weighted by Gasteiger charge is -2.40. The van der Waals surface area contributed by atoms with Crippen LogP contribution in [0.2, 0.25) is 0 Å². The van der Waals surface area contributed by atoms with Crippen LogP contribution in [-0.4, -0.2) is 75.9 Å². The molecule has 0 radical (unpaired) electrons. The number of hydrogen-bond donors (Lipinski definition) is 1. The van der Waals surface area contributed by atoms with Gasteiger partial charge in [0, 0.05) is 52.5 Å². The lowest BCUT2D eigenvalue weighted by Crippen LogP contribution is -2.54. The number of ether oxygens (including phenoxy) is 1. The predicted octanol–water partition coefficient (Wildman–Crippen LogP) is 1.13. The van der Waals surface area contributed by atoms with Gasteiger partial charge < -0.3 is 15.0 Å². The zero-order chi connectivity index (χ0) is 14.3. The second kappa shape index (κ2) is 8.90. The van der Waals surface area contributed by atoms with Crippen LogP contribution >= 0.6 is 0 Å². The van der Waals surface area contributed by atoms with E-state index in [2.05, 4.69) is 42.9 Å². The molecule has 4 nitrogen and oxygen atoms in total. The van der Waals surface area contributed by atoms with Gasteiger partial charge in [-0.1, -0.05) is 20.8 Å². The Bertz CT molecular complexity index is 227. The molecular weight excluding hydrogens is 238 g/mol. The highest BCUT2D eigenvalue weighted by Crippen LogP contribution is 2.12. The Hall–Kier alpha value is -0.160. The van der Waals surface area contributed by atoms with Crippen LogP contribution in [0.25, 0.3) is 0 Å². The molecule has 1 heterocycles. The van der Waals surface area contributed by atoms with Gasteiger partial charge in [-0.25, -0.2) is 0 Å². The molecule has 0 bridgehead atoms. The lowest BCUT2D eigenvalue weighted by molar-refractivity contribution is 0.0859. The van der Waals surface area contributed by atoms with E-state index < -0.39 is 0 Å². The van der Waals surface area contributed by atoms with Crippen molar-refractivity contribution in [1.82, 2.24) is 15.1 Å². The van der Waals surface area contributed by atoms with Gasteiger partial charge in [0.15, 0.2) is 0 Å². The maximum atomic E-state index is 5.18. The second-order valence-electron chi connectivity index (χ2n) is 6.37. The van der Waals surface area contributed by atoms with Crippen LogP contribution in [0, 0.1) is 11.8 Å². The summed E-state index contributed by atoms with van der Waals surface area (Å²) in [6.45, 7) is 14.7. The number of likely N-dealkylation sites (N-methyl/N-ethyl adjacent to an activating group) is 1. The van der Waals surface area contributed by atoms with Crippen LogP contribution in [0.1, 0.15) is 20.8 Å². The summed E-state index contributed by atoms with van der Waals surface area (Å²) in [5.41, 5.74) is 0. The fraction of sp³-hybridized carbons (Fsp3) is 1.00. The van der Waals surface area contributed by atoms with Gasteiger partial charge in [-0.3, -0.25) is 4.90 Å². The van der Waals surface area contributed by atoms with Gasteiger partial charge in [-0.2, -0.15) is 0 Å². The highest BCUT2D eigenvalue weighted by atomic mass is 16.5. The molecule has 0 aliphatic carbocycles. The Labute approximate surface area is 119 Å². The SMILES string of the molecule is COCC(C)CNCC(C(C)C)N1CCN(C)CC1. The van der Waals surface area contributed by atoms with Gasteiger partial charge in [-0.05, 0) is 25.4 Å². The normalized spacial score (nSPS) is 21.8. The molecule has 2 unspecified atom stereocenters. The molecule has 1 saturated heterocycles. The van der Waals surface area contributed by atoms with Crippen LogP contribution in [0.3, 0.4) is 0 Å². The lowest BCUT2D eigenvalue weighted by atomic mass is 10.0. The van der Waals surface area contributed by atoms with Crippen molar-refractivity contribution in [3.63, 3.8) is 0 Å². The maximum Gasteiger partial charge on any atom is 0.0499 e. The van der Waals surface area contributed by atoms with Crippen molar-refractivity contribution in [1.29, 1.82) is 0 Å². The third-order valence-corrected chi connectivity index (χ3v) is 4.07. The number of nitrogens with zero attached hydrogens (tertiary/aromatic N) is 2. The van der Waals surface area contributed by atoms with Crippen molar-refractivity contribution in [2.75, 3.05) is 60.0 Å². The average molecular weight is 271 g/mol. The van der Waals surface area contributed by atoms with Gasteiger partial charge in [-0.15, -0.1) is 0 Å². The van der Waals surface area contributed by atoms with Gasteiger partial charge in [0.05, 0.1) is 0 Å². The summed E-state index contributed by atoms with van der Waals surface area (Å²) in [6, 6.07) is 0.656. The summed E-state index contributed by atoms with van der Waals surface area (Å²) in [5.74, 6) is 1.29. The molecule has 1 aliphatic rings. The van der Waals surface area contributed by atoms with Crippen molar-refractivity contribution in [2.45, 2.75) is 26.8 Å². The van der Waals surface area contributed by atoms with Gasteiger partial charge in [0.1, 0.15) is 0 Å². The fourth-order valence-corrected chi connectivity index (χ4v) is 2.76. The molecule has 1 aliphatic heterocycles. The van der Waals surface area contributed by atoms with E-state index in [4.69, 9.17) is 4.74 Å². The minimum atomic E-state index is 0.588. The standard InChI is InChI=1S/C15H33N3O/c1-13(2)15(11-16-10-14(3)12-19-5)18-8-6-17(4)7-9-18/h13-16H,6-12H2,1-5H3. The molecule has 0 aromatic heterocycles. The van der Waals surface area contributed by atoms with Crippen molar-refractivity contribution < 1.29 is 4.74 Å². The average Bonchev–Trinajstić information content (AvgIpc) is 2.36. The Morgan fingerprint density at radius 1 is 1.05 bits per heavy atom. The molecule has 2 atom stereocenters. The molecule has 0 amide bonds. The summed E-state index contributed by atoms with van der Waals surface area (Å²) in [7, 11) is 3.99. The number of rotatable bonds is 8. The van der Waals surface area contributed by atoms with E-state index >= 15 is 0 Å². The highest BCUT2D eigenvalue weighted by Gasteiger charge is 2.24. The molecule has 0 spiro atoms. The van der Waals surface area contributed by atoms with Crippen molar-refractivity contribution >= 4 is 0 Å². The minimum Gasteiger partial charge on any atom is -0.384 e. The molecular formula is C15H33N3O. The molecule has 0 aromatic rings. The van der Waals surface area contributed by atoms with Gasteiger partial charge >= 0.3 is 0 Å². The van der Waals surface area contributed by atoms with E-state index in [-0.39, 0.29) is 0 Å². The summed E-state index contributed by atoms with van der Waals surface area (Å²) in [4.78, 5) is 5.07. The van der Waals surface area contributed by atoms with E-state index in [0.29, 0.717) is 17.9 Å². The molecule has 1 N–H and O–H groups in total. The Morgan fingerprint density at radius 2 is 1.68 bits per heavy atom. The van der Waals surface area contributed by atoms with Crippen molar-refractivity contribution in [3.05, 3.63) is 0 Å². The van der Waals surface area contributed by atoms with Crippen LogP contribution in [0.4, 0.5) is 0 Å². The zero-order valence-corrected chi connectivity index (χ0v) is 13.5. The first-order chi connectivity index (χ1) is 9.04. The van der Waals surface area contributed by atoms with Crippen LogP contribution in [0.5, 0.6) is 0 Å². The summed E-state index contributed by atoms with van der Waals surface area (Å²) >= 11 is 0. The highest BCUT2D eigenvalue weighted by molar-refractivity contribution is 4.81. The first-order valence-electron chi connectivity index (χ1n) is 7.66. The second-order valence-corrected chi connectivity index (χ2v) is 6.37. The van der Waals surface area contributed by atoms with Gasteiger partial charge in [0.2, 0.25) is 0 Å². The Morgan fingerprint density at radius 3 is 2.21 bits per heavy atom. The number of hydrogen-bond acceptors (Lipinski definition) is 4. The quantitative estimate of drug-likeness (QED) is 0.716. The monoisotopic (exact) mass is 271 g/mol. The van der Waals surface area contributed by atoms with Crippen LogP contribution < -0.4 is 5.32 Å².